The van der Waals surface area contributed by atoms with Gasteiger partial charge in [0.15, 0.2) is 0 Å². The van der Waals surface area contributed by atoms with Gasteiger partial charge in [0.1, 0.15) is 0 Å². The van der Waals surface area contributed by atoms with Crippen molar-refractivity contribution < 1.29 is 0 Å². The highest BCUT2D eigenvalue weighted by Gasteiger charge is 2.07. The summed E-state index contributed by atoms with van der Waals surface area (Å²) in [5.41, 5.74) is 5.19. The van der Waals surface area contributed by atoms with E-state index in [9.17, 15) is 0 Å². The van der Waals surface area contributed by atoms with E-state index in [0.29, 0.717) is 0 Å². The van der Waals surface area contributed by atoms with Gasteiger partial charge in [-0.2, -0.15) is 0 Å². The van der Waals surface area contributed by atoms with Crippen molar-refractivity contribution in [1.29, 1.82) is 0 Å². The average Bonchev–Trinajstić information content (AvgIpc) is 2.74. The maximum atomic E-state index is 4.28. The zero-order valence-corrected chi connectivity index (χ0v) is 9.58. The van der Waals surface area contributed by atoms with Gasteiger partial charge < -0.3 is 5.32 Å². The van der Waals surface area contributed by atoms with Crippen LogP contribution in [0.3, 0.4) is 0 Å². The van der Waals surface area contributed by atoms with Gasteiger partial charge in [0, 0.05) is 11.6 Å². The van der Waals surface area contributed by atoms with Gasteiger partial charge in [-0.25, -0.2) is 4.98 Å². The monoisotopic (exact) mass is 219 g/mol. The summed E-state index contributed by atoms with van der Waals surface area (Å²) in [6, 6.07) is 2.22. The lowest BCUT2D eigenvalue weighted by Crippen LogP contribution is -2.08. The van der Waals surface area contributed by atoms with Gasteiger partial charge in [-0.1, -0.05) is 0 Å². The molecule has 15 heavy (non-hydrogen) atoms. The molecule has 2 aromatic rings. The molecule has 0 amide bonds. The Labute approximate surface area is 93.2 Å². The Hall–Kier alpha value is -1.42. The Kier molecular flexibility index (Phi) is 2.97. The summed E-state index contributed by atoms with van der Waals surface area (Å²) >= 11 is 1.62. The summed E-state index contributed by atoms with van der Waals surface area (Å²) in [5, 5.41) is 5.45. The van der Waals surface area contributed by atoms with Gasteiger partial charge in [0.25, 0.3) is 0 Å². The third-order valence-corrected chi connectivity index (χ3v) is 2.91. The van der Waals surface area contributed by atoms with Crippen LogP contribution in [0.5, 0.6) is 0 Å². The number of aromatic nitrogens is 2. The zero-order valence-electron chi connectivity index (χ0n) is 8.77. The highest BCUT2D eigenvalue weighted by Crippen LogP contribution is 2.20. The van der Waals surface area contributed by atoms with E-state index in [1.165, 1.54) is 5.56 Å². The molecule has 4 heteroatoms. The summed E-state index contributed by atoms with van der Waals surface area (Å²) in [6.45, 7) is 4.17. The molecule has 0 aromatic carbocycles. The molecule has 1 unspecified atom stereocenters. The zero-order chi connectivity index (χ0) is 10.7. The molecule has 78 valence electrons. The number of rotatable bonds is 3. The summed E-state index contributed by atoms with van der Waals surface area (Å²) in [6.07, 6.45) is 3.65. The number of nitrogens with zero attached hydrogens (tertiary/aromatic N) is 2. The Balaban J connectivity index is 2.13. The number of pyridine rings is 1. The van der Waals surface area contributed by atoms with Crippen molar-refractivity contribution in [3.8, 4) is 0 Å². The van der Waals surface area contributed by atoms with Crippen LogP contribution in [0.15, 0.2) is 29.4 Å². The molecular formula is C11H13N3S. The van der Waals surface area contributed by atoms with Crippen LogP contribution in [0.2, 0.25) is 0 Å². The van der Waals surface area contributed by atoms with Gasteiger partial charge in [-0.3, -0.25) is 4.98 Å². The topological polar surface area (TPSA) is 37.8 Å². The standard InChI is InChI=1S/C11H13N3S/c1-8-3-4-12-5-10(8)14-9(2)11-6-15-7-13-11/h3-7,9,14H,1-2H3. The van der Waals surface area contributed by atoms with Crippen molar-refractivity contribution in [2.75, 3.05) is 5.32 Å². The molecule has 1 atom stereocenters. The highest BCUT2D eigenvalue weighted by molar-refractivity contribution is 7.07. The molecule has 2 aromatic heterocycles. The number of anilines is 1. The molecule has 2 rings (SSSR count). The maximum absolute atomic E-state index is 4.28. The van der Waals surface area contributed by atoms with Crippen LogP contribution in [0.4, 0.5) is 5.69 Å². The van der Waals surface area contributed by atoms with E-state index < -0.39 is 0 Å². The van der Waals surface area contributed by atoms with Gasteiger partial charge in [-0.05, 0) is 25.5 Å². The molecule has 2 heterocycles. The van der Waals surface area contributed by atoms with E-state index in [4.69, 9.17) is 0 Å². The molecular weight excluding hydrogens is 206 g/mol. The van der Waals surface area contributed by atoms with Crippen LogP contribution in [0, 0.1) is 6.92 Å². The van der Waals surface area contributed by atoms with E-state index >= 15 is 0 Å². The van der Waals surface area contributed by atoms with Gasteiger partial charge >= 0.3 is 0 Å². The van der Waals surface area contributed by atoms with Gasteiger partial charge in [0.05, 0.1) is 29.1 Å². The van der Waals surface area contributed by atoms with Crippen LogP contribution in [0.1, 0.15) is 24.2 Å². The fraction of sp³-hybridized carbons (Fsp3) is 0.273. The predicted molar refractivity (Wildman–Crippen MR) is 63.1 cm³/mol. The third-order valence-electron chi connectivity index (χ3n) is 2.31. The first kappa shape index (κ1) is 10.1. The maximum Gasteiger partial charge on any atom is 0.0795 e. The molecule has 3 nitrogen and oxygen atoms in total. The van der Waals surface area contributed by atoms with Crippen molar-refractivity contribution in [2.24, 2.45) is 0 Å². The fourth-order valence-electron chi connectivity index (χ4n) is 1.36. The number of hydrogen-bond donors (Lipinski definition) is 1. The second-order valence-corrected chi connectivity index (χ2v) is 4.19. The Morgan fingerprint density at radius 3 is 3.00 bits per heavy atom. The molecule has 0 aliphatic heterocycles. The van der Waals surface area contributed by atoms with Gasteiger partial charge in [0.2, 0.25) is 0 Å². The van der Waals surface area contributed by atoms with Crippen molar-refractivity contribution in [2.45, 2.75) is 19.9 Å². The van der Waals surface area contributed by atoms with Crippen molar-refractivity contribution >= 4 is 17.0 Å². The molecule has 0 bridgehead atoms. The van der Waals surface area contributed by atoms with Crippen molar-refractivity contribution in [1.82, 2.24) is 9.97 Å². The normalized spacial score (nSPS) is 12.4. The van der Waals surface area contributed by atoms with Crippen LogP contribution in [-0.2, 0) is 0 Å². The van der Waals surface area contributed by atoms with E-state index in [-0.39, 0.29) is 6.04 Å². The van der Waals surface area contributed by atoms with E-state index in [1.54, 1.807) is 17.5 Å². The lowest BCUT2D eigenvalue weighted by Gasteiger charge is -2.14. The van der Waals surface area contributed by atoms with E-state index in [0.717, 1.165) is 11.4 Å². The van der Waals surface area contributed by atoms with Crippen LogP contribution in [0.25, 0.3) is 0 Å². The quantitative estimate of drug-likeness (QED) is 0.862. The molecule has 0 aliphatic rings. The largest absolute Gasteiger partial charge is 0.375 e. The lowest BCUT2D eigenvalue weighted by atomic mass is 10.2. The van der Waals surface area contributed by atoms with E-state index in [2.05, 4.69) is 34.5 Å². The SMILES string of the molecule is Cc1ccncc1NC(C)c1cscn1. The number of hydrogen-bond acceptors (Lipinski definition) is 4. The summed E-state index contributed by atoms with van der Waals surface area (Å²) in [5.74, 6) is 0. The average molecular weight is 219 g/mol. The van der Waals surface area contributed by atoms with Crippen molar-refractivity contribution in [3.05, 3.63) is 40.6 Å². The number of aryl methyl sites for hydroxylation is 1. The molecule has 0 radical (unpaired) electrons. The fourth-order valence-corrected chi connectivity index (χ4v) is 2.01. The van der Waals surface area contributed by atoms with Gasteiger partial charge in [-0.15, -0.1) is 11.3 Å². The van der Waals surface area contributed by atoms with Crippen LogP contribution < -0.4 is 5.32 Å². The first-order chi connectivity index (χ1) is 7.27. The second-order valence-electron chi connectivity index (χ2n) is 3.47. The lowest BCUT2D eigenvalue weighted by molar-refractivity contribution is 0.847. The number of thiazole rings is 1. The predicted octanol–water partition coefficient (Wildman–Crippen LogP) is 3.02. The minimum Gasteiger partial charge on any atom is -0.375 e. The van der Waals surface area contributed by atoms with Crippen LogP contribution in [-0.4, -0.2) is 9.97 Å². The first-order valence-electron chi connectivity index (χ1n) is 4.82. The molecule has 1 N–H and O–H groups in total. The second kappa shape index (κ2) is 4.40. The molecule has 0 aliphatic carbocycles. The Morgan fingerprint density at radius 2 is 2.33 bits per heavy atom. The number of nitrogens with one attached hydrogen (secondary N) is 1. The minimum absolute atomic E-state index is 0.221. The Morgan fingerprint density at radius 1 is 1.47 bits per heavy atom. The minimum atomic E-state index is 0.221. The van der Waals surface area contributed by atoms with Crippen molar-refractivity contribution in [3.63, 3.8) is 0 Å². The summed E-state index contributed by atoms with van der Waals surface area (Å²) in [7, 11) is 0. The van der Waals surface area contributed by atoms with E-state index in [1.807, 2.05) is 17.8 Å². The third kappa shape index (κ3) is 2.33. The molecule has 0 saturated heterocycles. The highest BCUT2D eigenvalue weighted by atomic mass is 32.1. The Bertz CT molecular complexity index is 425. The summed E-state index contributed by atoms with van der Waals surface area (Å²) in [4.78, 5) is 8.38. The molecule has 0 spiro atoms. The molecule has 0 saturated carbocycles. The van der Waals surface area contributed by atoms with Crippen LogP contribution >= 0.6 is 11.3 Å². The molecule has 0 fully saturated rings. The summed E-state index contributed by atoms with van der Waals surface area (Å²) < 4.78 is 0. The first-order valence-corrected chi connectivity index (χ1v) is 5.77. The smallest absolute Gasteiger partial charge is 0.0795 e.